The summed E-state index contributed by atoms with van der Waals surface area (Å²) in [6.45, 7) is 6.25. The van der Waals surface area contributed by atoms with E-state index in [9.17, 15) is 13.2 Å². The van der Waals surface area contributed by atoms with E-state index in [2.05, 4.69) is 20.3 Å². The van der Waals surface area contributed by atoms with Crippen LogP contribution in [0.4, 0.5) is 0 Å². The number of ether oxygens (including phenoxy) is 1. The second kappa shape index (κ2) is 9.38. The molecule has 1 aliphatic rings. The fourth-order valence-corrected chi connectivity index (χ4v) is 4.04. The van der Waals surface area contributed by atoms with Crippen LogP contribution in [-0.2, 0) is 19.6 Å². The molecule has 3 N–H and O–H groups in total. The van der Waals surface area contributed by atoms with Crippen molar-refractivity contribution in [3.63, 3.8) is 0 Å². The molecule has 0 amide bonds. The van der Waals surface area contributed by atoms with E-state index >= 15 is 0 Å². The first-order valence-electron chi connectivity index (χ1n) is 8.69. The van der Waals surface area contributed by atoms with E-state index in [-0.39, 0.29) is 17.9 Å². The van der Waals surface area contributed by atoms with Gasteiger partial charge in [-0.2, -0.15) is 0 Å². The summed E-state index contributed by atoms with van der Waals surface area (Å²) < 4.78 is 30.4. The van der Waals surface area contributed by atoms with E-state index in [4.69, 9.17) is 4.74 Å². The lowest BCUT2D eigenvalue weighted by Crippen LogP contribution is -2.54. The number of esters is 1. The van der Waals surface area contributed by atoms with Crippen molar-refractivity contribution in [2.24, 2.45) is 10.9 Å². The highest BCUT2D eigenvalue weighted by atomic mass is 32.2. The van der Waals surface area contributed by atoms with Gasteiger partial charge in [0.15, 0.2) is 5.96 Å². The van der Waals surface area contributed by atoms with Gasteiger partial charge in [-0.15, -0.1) is 0 Å². The van der Waals surface area contributed by atoms with Crippen LogP contribution in [0.1, 0.15) is 46.5 Å². The minimum Gasteiger partial charge on any atom is -0.466 e. The smallest absolute Gasteiger partial charge is 0.308 e. The molecule has 0 unspecified atom stereocenters. The van der Waals surface area contributed by atoms with Crippen molar-refractivity contribution < 1.29 is 17.9 Å². The van der Waals surface area contributed by atoms with Crippen LogP contribution in [-0.4, -0.2) is 58.4 Å². The molecule has 1 aliphatic carbocycles. The Bertz CT molecular complexity index is 567. The second-order valence-corrected chi connectivity index (χ2v) is 8.88. The number of carbonyl (C=O) groups is 1. The number of carbonyl (C=O) groups excluding carboxylic acids is 1. The first-order chi connectivity index (χ1) is 11.6. The minimum absolute atomic E-state index is 0.00845. The van der Waals surface area contributed by atoms with Crippen molar-refractivity contribution in [1.82, 2.24) is 15.4 Å². The molecule has 0 aromatic heterocycles. The summed E-state index contributed by atoms with van der Waals surface area (Å²) in [5.41, 5.74) is -0.632. The summed E-state index contributed by atoms with van der Waals surface area (Å²) in [4.78, 5) is 16.0. The quantitative estimate of drug-likeness (QED) is 0.341. The first kappa shape index (κ1) is 21.7. The molecule has 0 heterocycles. The van der Waals surface area contributed by atoms with Crippen LogP contribution in [0.15, 0.2) is 4.99 Å². The van der Waals surface area contributed by atoms with Crippen LogP contribution in [0.2, 0.25) is 0 Å². The van der Waals surface area contributed by atoms with Gasteiger partial charge in [0.25, 0.3) is 0 Å². The van der Waals surface area contributed by atoms with Gasteiger partial charge in [-0.05, 0) is 46.5 Å². The summed E-state index contributed by atoms with van der Waals surface area (Å²) >= 11 is 0. The molecule has 1 fully saturated rings. The van der Waals surface area contributed by atoms with Crippen LogP contribution in [0.5, 0.6) is 0 Å². The number of nitrogens with one attached hydrogen (secondary N) is 3. The maximum atomic E-state index is 11.8. The summed E-state index contributed by atoms with van der Waals surface area (Å²) in [7, 11) is -1.60. The average Bonchev–Trinajstić information content (AvgIpc) is 2.50. The summed E-state index contributed by atoms with van der Waals surface area (Å²) in [6, 6.07) is 0.239. The normalized spacial score (nSPS) is 22.4. The summed E-state index contributed by atoms with van der Waals surface area (Å²) in [5.74, 6) is 0.519. The largest absolute Gasteiger partial charge is 0.466 e. The van der Waals surface area contributed by atoms with Gasteiger partial charge < -0.3 is 15.4 Å². The van der Waals surface area contributed by atoms with E-state index in [0.717, 1.165) is 31.9 Å². The monoisotopic (exact) mass is 376 g/mol. The zero-order valence-corrected chi connectivity index (χ0v) is 16.7. The summed E-state index contributed by atoms with van der Waals surface area (Å²) in [6.07, 6.45) is 4.48. The van der Waals surface area contributed by atoms with E-state index in [0.29, 0.717) is 19.1 Å². The van der Waals surface area contributed by atoms with Crippen molar-refractivity contribution in [3.8, 4) is 0 Å². The molecule has 0 aromatic rings. The van der Waals surface area contributed by atoms with Crippen molar-refractivity contribution in [1.29, 1.82) is 0 Å². The molecule has 25 heavy (non-hydrogen) atoms. The fraction of sp³-hybridized carbons (Fsp3) is 0.875. The third kappa shape index (κ3) is 8.53. The summed E-state index contributed by atoms with van der Waals surface area (Å²) in [5, 5.41) is 6.50. The van der Waals surface area contributed by atoms with Crippen LogP contribution >= 0.6 is 0 Å². The van der Waals surface area contributed by atoms with Gasteiger partial charge in [0, 0.05) is 25.2 Å². The highest BCUT2D eigenvalue weighted by Gasteiger charge is 2.28. The highest BCUT2D eigenvalue weighted by molar-refractivity contribution is 7.88. The van der Waals surface area contributed by atoms with Crippen molar-refractivity contribution >= 4 is 22.0 Å². The Balaban J connectivity index is 2.44. The first-order valence-corrected chi connectivity index (χ1v) is 10.6. The van der Waals surface area contributed by atoms with E-state index in [1.165, 1.54) is 0 Å². The molecule has 1 rings (SSSR count). The van der Waals surface area contributed by atoms with Gasteiger partial charge >= 0.3 is 5.97 Å². The molecule has 0 spiro atoms. The van der Waals surface area contributed by atoms with Crippen molar-refractivity contribution in [3.05, 3.63) is 0 Å². The van der Waals surface area contributed by atoms with Gasteiger partial charge in [-0.1, -0.05) is 0 Å². The molecule has 8 nitrogen and oxygen atoms in total. The fourth-order valence-electron chi connectivity index (χ4n) is 2.96. The number of nitrogens with zero attached hydrogens (tertiary/aromatic N) is 1. The minimum atomic E-state index is -3.28. The lowest BCUT2D eigenvalue weighted by molar-refractivity contribution is -0.149. The Morgan fingerprint density at radius 3 is 2.32 bits per heavy atom. The molecule has 1 saturated carbocycles. The maximum absolute atomic E-state index is 11.8. The van der Waals surface area contributed by atoms with E-state index in [1.54, 1.807) is 20.9 Å². The molecule has 0 atom stereocenters. The molecule has 0 aromatic carbocycles. The molecule has 0 bridgehead atoms. The number of sulfonamides is 1. The van der Waals surface area contributed by atoms with Gasteiger partial charge in [0.2, 0.25) is 10.0 Å². The van der Waals surface area contributed by atoms with Gasteiger partial charge in [0.1, 0.15) is 0 Å². The van der Waals surface area contributed by atoms with Crippen molar-refractivity contribution in [2.45, 2.75) is 58.0 Å². The standard InChI is InChI=1S/C16H32N4O4S/c1-6-24-14(21)12-7-9-13(10-8-12)19-15(17-4)18-11-16(2,3)20-25(5,22)23/h12-13,20H,6-11H2,1-5H3,(H2,17,18,19). The SMILES string of the molecule is CCOC(=O)C1CCC(NC(=NC)NCC(C)(C)NS(C)(=O)=O)CC1. The Morgan fingerprint density at radius 2 is 1.84 bits per heavy atom. The van der Waals surface area contributed by atoms with Crippen LogP contribution in [0.25, 0.3) is 0 Å². The van der Waals surface area contributed by atoms with Crippen LogP contribution in [0.3, 0.4) is 0 Å². The Morgan fingerprint density at radius 1 is 1.24 bits per heavy atom. The average molecular weight is 377 g/mol. The zero-order chi connectivity index (χ0) is 19.1. The van der Waals surface area contributed by atoms with E-state index in [1.807, 2.05) is 6.92 Å². The van der Waals surface area contributed by atoms with Crippen LogP contribution < -0.4 is 15.4 Å². The zero-order valence-electron chi connectivity index (χ0n) is 15.9. The molecule has 146 valence electrons. The predicted octanol–water partition coefficient (Wildman–Crippen LogP) is 0.601. The Hall–Kier alpha value is -1.35. The third-order valence-corrected chi connectivity index (χ3v) is 4.99. The van der Waals surface area contributed by atoms with E-state index < -0.39 is 15.6 Å². The lowest BCUT2D eigenvalue weighted by Gasteiger charge is -2.30. The molecular formula is C16H32N4O4S. The number of aliphatic imine (C=N–C) groups is 1. The number of hydrogen-bond donors (Lipinski definition) is 3. The molecular weight excluding hydrogens is 344 g/mol. The predicted molar refractivity (Wildman–Crippen MR) is 98.9 cm³/mol. The molecule has 0 radical (unpaired) electrons. The van der Waals surface area contributed by atoms with Crippen LogP contribution in [0, 0.1) is 5.92 Å². The Kier molecular flexibility index (Phi) is 8.14. The number of rotatable bonds is 7. The lowest BCUT2D eigenvalue weighted by atomic mass is 9.86. The van der Waals surface area contributed by atoms with Crippen molar-refractivity contribution in [2.75, 3.05) is 26.5 Å². The topological polar surface area (TPSA) is 109 Å². The molecule has 9 heteroatoms. The number of hydrogen-bond acceptors (Lipinski definition) is 5. The Labute approximate surface area is 151 Å². The molecule has 0 aliphatic heterocycles. The maximum Gasteiger partial charge on any atom is 0.308 e. The third-order valence-electron chi connectivity index (χ3n) is 4.07. The van der Waals surface area contributed by atoms with Gasteiger partial charge in [-0.3, -0.25) is 9.79 Å². The van der Waals surface area contributed by atoms with Gasteiger partial charge in [0.05, 0.1) is 18.8 Å². The van der Waals surface area contributed by atoms with Gasteiger partial charge in [-0.25, -0.2) is 13.1 Å². The molecule has 0 saturated heterocycles. The second-order valence-electron chi connectivity index (χ2n) is 7.13. The highest BCUT2D eigenvalue weighted by Crippen LogP contribution is 2.25. The number of guanidine groups is 1.